The van der Waals surface area contributed by atoms with Crippen LogP contribution >= 0.6 is 23.2 Å². The second-order valence-electron chi connectivity index (χ2n) is 8.84. The number of amides is 2. The Bertz CT molecular complexity index is 1490. The van der Waals surface area contributed by atoms with E-state index in [9.17, 15) is 9.59 Å². The summed E-state index contributed by atoms with van der Waals surface area (Å²) in [6.45, 7) is 1.91. The van der Waals surface area contributed by atoms with Crippen molar-refractivity contribution in [2.24, 2.45) is 5.92 Å². The van der Waals surface area contributed by atoms with Crippen molar-refractivity contribution in [3.63, 3.8) is 0 Å². The minimum atomic E-state index is -0.980. The zero-order valence-corrected chi connectivity index (χ0v) is 20.6. The van der Waals surface area contributed by atoms with E-state index in [4.69, 9.17) is 32.5 Å². The van der Waals surface area contributed by atoms with Gasteiger partial charge in [0, 0.05) is 10.6 Å². The van der Waals surface area contributed by atoms with Crippen LogP contribution in [-0.4, -0.2) is 17.9 Å². The van der Waals surface area contributed by atoms with Crippen molar-refractivity contribution in [2.45, 2.75) is 19.1 Å². The number of halogens is 2. The van der Waals surface area contributed by atoms with E-state index in [2.05, 4.69) is 0 Å². The van der Waals surface area contributed by atoms with Gasteiger partial charge in [-0.1, -0.05) is 53.5 Å². The third-order valence-electron chi connectivity index (χ3n) is 6.50. The molecule has 0 spiro atoms. The van der Waals surface area contributed by atoms with Crippen molar-refractivity contribution in [1.82, 2.24) is 0 Å². The number of hydrogen-bond acceptors (Lipinski definition) is 5. The van der Waals surface area contributed by atoms with Gasteiger partial charge in [0.1, 0.15) is 23.5 Å². The Morgan fingerprint density at radius 3 is 2.36 bits per heavy atom. The van der Waals surface area contributed by atoms with Gasteiger partial charge < -0.3 is 4.42 Å². The number of anilines is 2. The minimum Gasteiger partial charge on any atom is -0.459 e. The Morgan fingerprint density at radius 1 is 0.806 bits per heavy atom. The molecule has 0 bridgehead atoms. The molecule has 2 saturated heterocycles. The number of carbonyl (C=O) groups is 2. The van der Waals surface area contributed by atoms with E-state index in [0.717, 1.165) is 5.56 Å². The Balaban J connectivity index is 1.43. The average Bonchev–Trinajstić information content (AvgIpc) is 3.56. The Hall–Kier alpha value is -3.58. The first-order valence-corrected chi connectivity index (χ1v) is 12.2. The molecule has 0 radical (unpaired) electrons. The van der Waals surface area contributed by atoms with Crippen molar-refractivity contribution < 1.29 is 18.8 Å². The van der Waals surface area contributed by atoms with Crippen molar-refractivity contribution in [2.75, 3.05) is 9.96 Å². The normalized spacial score (nSPS) is 21.4. The maximum absolute atomic E-state index is 13.8. The van der Waals surface area contributed by atoms with Crippen molar-refractivity contribution in [3.05, 3.63) is 106 Å². The molecule has 6 rings (SSSR count). The molecule has 0 unspecified atom stereocenters. The van der Waals surface area contributed by atoms with Gasteiger partial charge in [-0.2, -0.15) is 0 Å². The molecular formula is C28H20Cl2N2O4. The lowest BCUT2D eigenvalue weighted by molar-refractivity contribution is -0.126. The highest BCUT2D eigenvalue weighted by atomic mass is 35.5. The predicted molar refractivity (Wildman–Crippen MR) is 138 cm³/mol. The molecule has 0 aliphatic carbocycles. The molecule has 180 valence electrons. The van der Waals surface area contributed by atoms with Gasteiger partial charge in [0.25, 0.3) is 5.91 Å². The van der Waals surface area contributed by atoms with Gasteiger partial charge in [-0.25, -0.2) is 9.96 Å². The van der Waals surface area contributed by atoms with Crippen LogP contribution < -0.4 is 9.96 Å². The molecule has 36 heavy (non-hydrogen) atoms. The van der Waals surface area contributed by atoms with Gasteiger partial charge in [-0.3, -0.25) is 14.4 Å². The summed E-state index contributed by atoms with van der Waals surface area (Å²) < 4.78 is 6.25. The van der Waals surface area contributed by atoms with E-state index in [1.807, 2.05) is 55.5 Å². The Kier molecular flexibility index (Phi) is 5.60. The lowest BCUT2D eigenvalue weighted by Gasteiger charge is -2.27. The average molecular weight is 519 g/mol. The van der Waals surface area contributed by atoms with Crippen LogP contribution in [0.25, 0.3) is 11.3 Å². The molecule has 3 aromatic carbocycles. The first kappa shape index (κ1) is 22.9. The number of benzene rings is 3. The van der Waals surface area contributed by atoms with Crippen LogP contribution in [0.1, 0.15) is 17.4 Å². The molecule has 3 heterocycles. The number of nitrogens with zero attached hydrogens (tertiary/aromatic N) is 2. The van der Waals surface area contributed by atoms with Crippen molar-refractivity contribution in [1.29, 1.82) is 0 Å². The van der Waals surface area contributed by atoms with Crippen molar-refractivity contribution >= 4 is 46.4 Å². The van der Waals surface area contributed by atoms with Crippen LogP contribution in [0.3, 0.4) is 0 Å². The van der Waals surface area contributed by atoms with Crippen LogP contribution in [0.5, 0.6) is 0 Å². The zero-order chi connectivity index (χ0) is 25.0. The molecule has 4 aromatic rings. The smallest absolute Gasteiger partial charge is 0.266 e. The van der Waals surface area contributed by atoms with Gasteiger partial charge in [-0.05, 0) is 67.1 Å². The molecule has 6 nitrogen and oxygen atoms in total. The van der Waals surface area contributed by atoms with Crippen molar-refractivity contribution in [3.8, 4) is 11.3 Å². The number of rotatable bonds is 4. The third-order valence-corrected chi connectivity index (χ3v) is 7.06. The van der Waals surface area contributed by atoms with Crippen LogP contribution in [-0.2, 0) is 14.4 Å². The standard InChI is InChI=1S/C28H20Cl2N2O4/c1-16-6-5-9-19(14-16)31-27(33)24-25(32(36-26(24)28(31)34)18-7-3-2-4-8-18)23-13-12-22(35-23)20-15-17(29)10-11-21(20)30/h2-15,24-26H,1H3/t24-,25-,26-/m1/s1. The van der Waals surface area contributed by atoms with Crippen LogP contribution in [0.2, 0.25) is 10.0 Å². The Morgan fingerprint density at radius 2 is 1.58 bits per heavy atom. The first-order chi connectivity index (χ1) is 17.4. The number of carbonyl (C=O) groups excluding carboxylic acids is 2. The molecule has 2 aliphatic rings. The fourth-order valence-electron chi connectivity index (χ4n) is 4.87. The second kappa shape index (κ2) is 8.82. The van der Waals surface area contributed by atoms with E-state index in [1.54, 1.807) is 41.5 Å². The molecule has 2 aliphatic heterocycles. The highest BCUT2D eigenvalue weighted by Gasteiger charge is 2.61. The van der Waals surface area contributed by atoms with Crippen LogP contribution in [0.4, 0.5) is 11.4 Å². The number of fused-ring (bicyclic) bond motifs is 1. The third kappa shape index (κ3) is 3.69. The molecule has 1 aromatic heterocycles. The van der Waals surface area contributed by atoms with E-state index in [1.165, 1.54) is 4.90 Å². The summed E-state index contributed by atoms with van der Waals surface area (Å²) >= 11 is 12.6. The highest BCUT2D eigenvalue weighted by Crippen LogP contribution is 2.48. The molecular weight excluding hydrogens is 499 g/mol. The number of aryl methyl sites for hydroxylation is 1. The Labute approximate surface area is 217 Å². The monoisotopic (exact) mass is 518 g/mol. The molecule has 2 amide bonds. The number of hydrogen-bond donors (Lipinski definition) is 0. The second-order valence-corrected chi connectivity index (χ2v) is 9.68. The summed E-state index contributed by atoms with van der Waals surface area (Å²) in [6, 6.07) is 24.7. The van der Waals surface area contributed by atoms with E-state index in [-0.39, 0.29) is 5.91 Å². The summed E-state index contributed by atoms with van der Waals surface area (Å²) in [7, 11) is 0. The van der Waals surface area contributed by atoms with Gasteiger partial charge in [0.2, 0.25) is 5.91 Å². The summed E-state index contributed by atoms with van der Waals surface area (Å²) in [6.07, 6.45) is -0.980. The quantitative estimate of drug-likeness (QED) is 0.284. The minimum absolute atomic E-state index is 0.335. The van der Waals surface area contributed by atoms with Crippen LogP contribution in [0, 0.1) is 12.8 Å². The topological polar surface area (TPSA) is 63.0 Å². The number of hydroxylamine groups is 1. The fraction of sp³-hybridized carbons (Fsp3) is 0.143. The molecule has 0 N–H and O–H groups in total. The van der Waals surface area contributed by atoms with Gasteiger partial charge in [0.05, 0.1) is 16.4 Å². The number of para-hydroxylation sites is 1. The predicted octanol–water partition coefficient (Wildman–Crippen LogP) is 6.61. The summed E-state index contributed by atoms with van der Waals surface area (Å²) in [4.78, 5) is 34.6. The van der Waals surface area contributed by atoms with Gasteiger partial charge in [-0.15, -0.1) is 0 Å². The maximum Gasteiger partial charge on any atom is 0.266 e. The van der Waals surface area contributed by atoms with E-state index < -0.39 is 24.0 Å². The molecule has 2 fully saturated rings. The number of imide groups is 1. The lowest BCUT2D eigenvalue weighted by atomic mass is 9.94. The highest BCUT2D eigenvalue weighted by molar-refractivity contribution is 6.35. The van der Waals surface area contributed by atoms with Gasteiger partial charge in [0.15, 0.2) is 6.10 Å². The first-order valence-electron chi connectivity index (χ1n) is 11.4. The molecule has 0 saturated carbocycles. The van der Waals surface area contributed by atoms with Gasteiger partial charge >= 0.3 is 0 Å². The fourth-order valence-corrected chi connectivity index (χ4v) is 5.25. The summed E-state index contributed by atoms with van der Waals surface area (Å²) in [5.74, 6) is -0.556. The summed E-state index contributed by atoms with van der Waals surface area (Å²) in [5, 5.41) is 2.60. The largest absolute Gasteiger partial charge is 0.459 e. The molecule has 8 heteroatoms. The summed E-state index contributed by atoms with van der Waals surface area (Å²) in [5.41, 5.74) is 2.81. The number of furan rings is 1. The SMILES string of the molecule is Cc1cccc(N2C(=O)[C@@H]3[C@@H](c4ccc(-c5cc(Cl)ccc5Cl)o4)N(c4ccccc4)O[C@H]3C2=O)c1. The van der Waals surface area contributed by atoms with E-state index >= 15 is 0 Å². The van der Waals surface area contributed by atoms with E-state index in [0.29, 0.717) is 38.5 Å². The maximum atomic E-state index is 13.8. The van der Waals surface area contributed by atoms with Crippen LogP contribution in [0.15, 0.2) is 89.3 Å². The lowest BCUT2D eigenvalue weighted by Crippen LogP contribution is -2.37. The molecule has 3 atom stereocenters. The zero-order valence-electron chi connectivity index (χ0n) is 19.1.